The van der Waals surface area contributed by atoms with E-state index in [4.69, 9.17) is 9.88 Å². The third-order valence-corrected chi connectivity index (χ3v) is 3.67. The second-order valence-corrected chi connectivity index (χ2v) is 6.00. The number of nitro groups is 1. The highest BCUT2D eigenvalue weighted by molar-refractivity contribution is 7.89. The Morgan fingerprint density at radius 3 is 2.52 bits per heavy atom. The minimum Gasteiger partial charge on any atom is -0.489 e. The molecule has 0 aliphatic rings. The first-order valence-electron chi connectivity index (χ1n) is 6.41. The molecule has 0 atom stereocenters. The molecule has 0 fully saturated rings. The summed E-state index contributed by atoms with van der Waals surface area (Å²) in [5.74, 6) is -1.69. The summed E-state index contributed by atoms with van der Waals surface area (Å²) in [6.45, 7) is 2.13. The van der Waals surface area contributed by atoms with Gasteiger partial charge in [0.1, 0.15) is 4.90 Å². The smallest absolute Gasteiger partial charge is 0.274 e. The van der Waals surface area contributed by atoms with Crippen LogP contribution in [-0.2, 0) is 10.0 Å². The van der Waals surface area contributed by atoms with Crippen LogP contribution in [0.2, 0.25) is 0 Å². The first kappa shape index (κ1) is 17.3. The van der Waals surface area contributed by atoms with Gasteiger partial charge in [0.2, 0.25) is 10.0 Å². The molecule has 9 heteroatoms. The number of nitrogens with two attached hydrogens (primary N) is 1. The molecule has 1 aromatic rings. The topological polar surface area (TPSA) is 113 Å². The van der Waals surface area contributed by atoms with Gasteiger partial charge in [-0.15, -0.1) is 0 Å². The third-order valence-electron chi connectivity index (χ3n) is 2.76. The number of benzene rings is 1. The van der Waals surface area contributed by atoms with Crippen molar-refractivity contribution >= 4 is 15.7 Å². The Bertz CT molecular complexity index is 618. The van der Waals surface area contributed by atoms with Crippen LogP contribution in [0.5, 0.6) is 5.75 Å². The molecular formula is C12H17FN2O5S. The number of primary sulfonamides is 1. The molecule has 2 N–H and O–H groups in total. The Hall–Kier alpha value is -1.74. The fourth-order valence-electron chi connectivity index (χ4n) is 1.71. The van der Waals surface area contributed by atoms with E-state index in [1.165, 1.54) is 0 Å². The molecule has 118 valence electrons. The van der Waals surface area contributed by atoms with Crippen LogP contribution >= 0.6 is 0 Å². The van der Waals surface area contributed by atoms with Gasteiger partial charge in [-0.25, -0.2) is 17.9 Å². The zero-order valence-electron chi connectivity index (χ0n) is 11.5. The highest BCUT2D eigenvalue weighted by Gasteiger charge is 2.24. The Morgan fingerprint density at radius 1 is 1.33 bits per heavy atom. The summed E-state index contributed by atoms with van der Waals surface area (Å²) in [5.41, 5.74) is -0.699. The lowest BCUT2D eigenvalue weighted by Crippen LogP contribution is -2.15. The van der Waals surface area contributed by atoms with E-state index in [9.17, 15) is 22.9 Å². The van der Waals surface area contributed by atoms with Gasteiger partial charge in [-0.3, -0.25) is 10.1 Å². The number of hydrogen-bond donors (Lipinski definition) is 1. The highest BCUT2D eigenvalue weighted by Crippen LogP contribution is 2.31. The van der Waals surface area contributed by atoms with Gasteiger partial charge in [0.15, 0.2) is 11.6 Å². The number of unbranched alkanes of at least 4 members (excludes halogenated alkanes) is 3. The van der Waals surface area contributed by atoms with Gasteiger partial charge in [0.05, 0.1) is 17.6 Å². The summed E-state index contributed by atoms with van der Waals surface area (Å²) in [6, 6.07) is 1.30. The second-order valence-electron chi connectivity index (χ2n) is 4.47. The molecule has 0 saturated heterocycles. The van der Waals surface area contributed by atoms with E-state index in [0.29, 0.717) is 18.6 Å². The first-order valence-corrected chi connectivity index (χ1v) is 7.95. The lowest BCUT2D eigenvalue weighted by molar-refractivity contribution is -0.385. The van der Waals surface area contributed by atoms with Crippen LogP contribution in [0, 0.1) is 15.9 Å². The van der Waals surface area contributed by atoms with Crippen LogP contribution in [0.3, 0.4) is 0 Å². The first-order chi connectivity index (χ1) is 9.77. The van der Waals surface area contributed by atoms with Crippen molar-refractivity contribution in [2.24, 2.45) is 5.14 Å². The molecule has 0 unspecified atom stereocenters. The highest BCUT2D eigenvalue weighted by atomic mass is 32.2. The van der Waals surface area contributed by atoms with Gasteiger partial charge in [-0.2, -0.15) is 0 Å². The van der Waals surface area contributed by atoms with E-state index in [2.05, 4.69) is 0 Å². The van der Waals surface area contributed by atoms with Crippen molar-refractivity contribution in [3.63, 3.8) is 0 Å². The number of sulfonamides is 1. The lowest BCUT2D eigenvalue weighted by Gasteiger charge is -2.11. The number of nitrogens with zero attached hydrogens (tertiary/aromatic N) is 1. The summed E-state index contributed by atoms with van der Waals surface area (Å²) in [7, 11) is -4.33. The maximum atomic E-state index is 13.8. The molecular weight excluding hydrogens is 303 g/mol. The largest absolute Gasteiger partial charge is 0.489 e. The van der Waals surface area contributed by atoms with E-state index in [-0.39, 0.29) is 6.61 Å². The average Bonchev–Trinajstić information content (AvgIpc) is 2.38. The molecule has 0 radical (unpaired) electrons. The van der Waals surface area contributed by atoms with Crippen molar-refractivity contribution in [3.05, 3.63) is 28.1 Å². The molecule has 0 amide bonds. The van der Waals surface area contributed by atoms with Crippen molar-refractivity contribution in [2.45, 2.75) is 37.5 Å². The molecule has 0 saturated carbocycles. The maximum absolute atomic E-state index is 13.8. The minimum atomic E-state index is -4.33. The van der Waals surface area contributed by atoms with Crippen LogP contribution in [-0.4, -0.2) is 19.9 Å². The Kier molecular flexibility index (Phi) is 6.03. The van der Waals surface area contributed by atoms with Crippen molar-refractivity contribution in [2.75, 3.05) is 6.61 Å². The molecule has 0 aliphatic carbocycles. The molecule has 1 aromatic carbocycles. The van der Waals surface area contributed by atoms with Crippen molar-refractivity contribution in [1.82, 2.24) is 0 Å². The number of hydrogen-bond acceptors (Lipinski definition) is 5. The van der Waals surface area contributed by atoms with Crippen LogP contribution in [0.1, 0.15) is 32.6 Å². The zero-order chi connectivity index (χ0) is 16.0. The molecule has 0 heterocycles. The third kappa shape index (κ3) is 4.94. The standard InChI is InChI=1S/C12H17FN2O5S/c1-2-3-4-5-6-20-12-10(13)7-9(15(16)17)8-11(12)21(14,18)19/h7-8H,2-6H2,1H3,(H2,14,18,19). The summed E-state index contributed by atoms with van der Waals surface area (Å²) in [5, 5.41) is 15.6. The fraction of sp³-hybridized carbons (Fsp3) is 0.500. The average molecular weight is 320 g/mol. The number of non-ortho nitro benzene ring substituents is 1. The van der Waals surface area contributed by atoms with Gasteiger partial charge < -0.3 is 4.74 Å². The monoisotopic (exact) mass is 320 g/mol. The summed E-state index contributed by atoms with van der Waals surface area (Å²) in [4.78, 5) is 9.02. The van der Waals surface area contributed by atoms with E-state index >= 15 is 0 Å². The predicted molar refractivity (Wildman–Crippen MR) is 74.1 cm³/mol. The summed E-state index contributed by atoms with van der Waals surface area (Å²) >= 11 is 0. The number of rotatable bonds is 8. The Morgan fingerprint density at radius 2 is 2.00 bits per heavy atom. The van der Waals surface area contributed by atoms with Crippen molar-refractivity contribution in [1.29, 1.82) is 0 Å². The molecule has 21 heavy (non-hydrogen) atoms. The van der Waals surface area contributed by atoms with Crippen LogP contribution < -0.4 is 9.88 Å². The molecule has 0 bridgehead atoms. The SMILES string of the molecule is CCCCCCOc1c(F)cc([N+](=O)[O-])cc1S(N)(=O)=O. The van der Waals surface area contributed by atoms with Gasteiger partial charge in [-0.1, -0.05) is 26.2 Å². The molecule has 1 rings (SSSR count). The van der Waals surface area contributed by atoms with Gasteiger partial charge in [0.25, 0.3) is 5.69 Å². The minimum absolute atomic E-state index is 0.108. The molecule has 0 aliphatic heterocycles. The van der Waals surface area contributed by atoms with Crippen LogP contribution in [0.15, 0.2) is 17.0 Å². The van der Waals surface area contributed by atoms with E-state index in [1.807, 2.05) is 6.92 Å². The molecule has 0 aromatic heterocycles. The van der Waals surface area contributed by atoms with Gasteiger partial charge in [-0.05, 0) is 6.42 Å². The van der Waals surface area contributed by atoms with E-state index < -0.39 is 37.1 Å². The zero-order valence-corrected chi connectivity index (χ0v) is 12.4. The second kappa shape index (κ2) is 7.32. The number of nitro benzene ring substituents is 1. The Balaban J connectivity index is 3.04. The van der Waals surface area contributed by atoms with Crippen LogP contribution in [0.4, 0.5) is 10.1 Å². The van der Waals surface area contributed by atoms with Gasteiger partial charge >= 0.3 is 0 Å². The van der Waals surface area contributed by atoms with Crippen molar-refractivity contribution in [3.8, 4) is 5.75 Å². The van der Waals surface area contributed by atoms with E-state index in [0.717, 1.165) is 19.3 Å². The fourth-order valence-corrected chi connectivity index (χ4v) is 2.41. The lowest BCUT2D eigenvalue weighted by atomic mass is 10.2. The van der Waals surface area contributed by atoms with Crippen molar-refractivity contribution < 1.29 is 22.5 Å². The molecule has 0 spiro atoms. The predicted octanol–water partition coefficient (Wildman–Crippen LogP) is 2.34. The van der Waals surface area contributed by atoms with Gasteiger partial charge in [0, 0.05) is 6.07 Å². The Labute approximate surface area is 122 Å². The molecule has 7 nitrogen and oxygen atoms in total. The number of ether oxygens (including phenoxy) is 1. The number of halogens is 1. The van der Waals surface area contributed by atoms with E-state index in [1.54, 1.807) is 0 Å². The summed E-state index contributed by atoms with van der Waals surface area (Å²) in [6.07, 6.45) is 3.46. The summed E-state index contributed by atoms with van der Waals surface area (Å²) < 4.78 is 41.8. The van der Waals surface area contributed by atoms with Crippen LogP contribution in [0.25, 0.3) is 0 Å². The quantitative estimate of drug-likeness (QED) is 0.449. The normalized spacial score (nSPS) is 11.4. The maximum Gasteiger partial charge on any atom is 0.274 e.